The standard InChI is InChI=1S/C14H13FN4O2/c15-11-4-2-1-3-10(11)13(20)18-7-8-19-14(21)12-9-16-5-6-17-12/h1-6,9H,7-8H2,(H,18,20)(H,19,21). The number of hydrogen-bond donors (Lipinski definition) is 2. The van der Waals surface area contributed by atoms with Crippen molar-refractivity contribution >= 4 is 11.8 Å². The number of hydrogen-bond acceptors (Lipinski definition) is 4. The first-order valence-corrected chi connectivity index (χ1v) is 6.25. The molecule has 0 unspecified atom stereocenters. The minimum atomic E-state index is -0.585. The molecule has 0 saturated heterocycles. The fourth-order valence-corrected chi connectivity index (χ4v) is 1.60. The number of nitrogens with zero attached hydrogens (tertiary/aromatic N) is 2. The molecule has 1 aromatic carbocycles. The Labute approximate surface area is 120 Å². The zero-order valence-corrected chi connectivity index (χ0v) is 11.0. The third-order valence-corrected chi connectivity index (χ3v) is 2.61. The topological polar surface area (TPSA) is 84.0 Å². The van der Waals surface area contributed by atoms with Crippen LogP contribution in [0, 0.1) is 5.82 Å². The molecule has 0 bridgehead atoms. The van der Waals surface area contributed by atoms with Crippen LogP contribution in [0.15, 0.2) is 42.9 Å². The lowest BCUT2D eigenvalue weighted by Crippen LogP contribution is -2.35. The third-order valence-electron chi connectivity index (χ3n) is 2.61. The van der Waals surface area contributed by atoms with Gasteiger partial charge in [0.2, 0.25) is 0 Å². The summed E-state index contributed by atoms with van der Waals surface area (Å²) in [6.07, 6.45) is 4.22. The molecule has 0 aliphatic rings. The van der Waals surface area contributed by atoms with Crippen LogP contribution in [0.3, 0.4) is 0 Å². The highest BCUT2D eigenvalue weighted by molar-refractivity contribution is 5.94. The SMILES string of the molecule is O=C(NCCNC(=O)c1ccccc1F)c1cnccn1. The average Bonchev–Trinajstić information content (AvgIpc) is 2.52. The Balaban J connectivity index is 1.76. The van der Waals surface area contributed by atoms with Crippen LogP contribution in [0.2, 0.25) is 0 Å². The first-order valence-electron chi connectivity index (χ1n) is 6.25. The lowest BCUT2D eigenvalue weighted by molar-refractivity contribution is 0.0923. The van der Waals surface area contributed by atoms with Crippen molar-refractivity contribution in [2.24, 2.45) is 0 Å². The second-order valence-corrected chi connectivity index (χ2v) is 4.08. The highest BCUT2D eigenvalue weighted by Crippen LogP contribution is 2.05. The minimum absolute atomic E-state index is 0.0299. The Hall–Kier alpha value is -2.83. The van der Waals surface area contributed by atoms with Gasteiger partial charge in [-0.05, 0) is 12.1 Å². The van der Waals surface area contributed by atoms with Crippen molar-refractivity contribution in [2.45, 2.75) is 0 Å². The molecule has 1 heterocycles. The van der Waals surface area contributed by atoms with Crippen molar-refractivity contribution in [3.05, 3.63) is 59.9 Å². The van der Waals surface area contributed by atoms with E-state index in [1.54, 1.807) is 6.07 Å². The maximum atomic E-state index is 13.4. The smallest absolute Gasteiger partial charge is 0.271 e. The zero-order chi connectivity index (χ0) is 15.1. The lowest BCUT2D eigenvalue weighted by atomic mass is 10.2. The van der Waals surface area contributed by atoms with Gasteiger partial charge in [0.1, 0.15) is 11.5 Å². The number of aromatic nitrogens is 2. The molecule has 2 amide bonds. The molecule has 7 heteroatoms. The molecule has 21 heavy (non-hydrogen) atoms. The summed E-state index contributed by atoms with van der Waals surface area (Å²) >= 11 is 0. The quantitative estimate of drug-likeness (QED) is 0.796. The summed E-state index contributed by atoms with van der Waals surface area (Å²) < 4.78 is 13.4. The van der Waals surface area contributed by atoms with Crippen LogP contribution in [0.4, 0.5) is 4.39 Å². The summed E-state index contributed by atoms with van der Waals surface area (Å²) in [5.41, 5.74) is 0.163. The molecule has 0 spiro atoms. The summed E-state index contributed by atoms with van der Waals surface area (Å²) in [7, 11) is 0. The maximum Gasteiger partial charge on any atom is 0.271 e. The van der Waals surface area contributed by atoms with Crippen LogP contribution in [0.25, 0.3) is 0 Å². The van der Waals surface area contributed by atoms with Crippen LogP contribution in [0.5, 0.6) is 0 Å². The fourth-order valence-electron chi connectivity index (χ4n) is 1.60. The van der Waals surface area contributed by atoms with Crippen molar-refractivity contribution in [3.63, 3.8) is 0 Å². The normalized spacial score (nSPS) is 9.95. The van der Waals surface area contributed by atoms with E-state index in [1.807, 2.05) is 0 Å². The molecule has 0 fully saturated rings. The zero-order valence-electron chi connectivity index (χ0n) is 11.0. The predicted molar refractivity (Wildman–Crippen MR) is 73.1 cm³/mol. The Morgan fingerprint density at radius 2 is 1.76 bits per heavy atom. The molecule has 0 aliphatic heterocycles. The molecule has 2 aromatic rings. The van der Waals surface area contributed by atoms with E-state index in [0.29, 0.717) is 0 Å². The van der Waals surface area contributed by atoms with Crippen molar-refractivity contribution in [2.75, 3.05) is 13.1 Å². The number of nitrogens with one attached hydrogen (secondary N) is 2. The van der Waals surface area contributed by atoms with Crippen molar-refractivity contribution < 1.29 is 14.0 Å². The molecule has 0 saturated carbocycles. The second-order valence-electron chi connectivity index (χ2n) is 4.08. The van der Waals surface area contributed by atoms with E-state index in [-0.39, 0.29) is 30.3 Å². The molecule has 0 radical (unpaired) electrons. The van der Waals surface area contributed by atoms with E-state index >= 15 is 0 Å². The molecule has 108 valence electrons. The molecule has 1 aromatic heterocycles. The number of halogens is 1. The number of carbonyl (C=O) groups is 2. The predicted octanol–water partition coefficient (Wildman–Crippen LogP) is 0.775. The van der Waals surface area contributed by atoms with E-state index in [4.69, 9.17) is 0 Å². The first kappa shape index (κ1) is 14.6. The van der Waals surface area contributed by atoms with Crippen LogP contribution in [-0.2, 0) is 0 Å². The van der Waals surface area contributed by atoms with Gasteiger partial charge in [0, 0.05) is 25.5 Å². The third kappa shape index (κ3) is 4.07. The van der Waals surface area contributed by atoms with Crippen molar-refractivity contribution in [1.82, 2.24) is 20.6 Å². The number of rotatable bonds is 5. The molecule has 0 atom stereocenters. The van der Waals surface area contributed by atoms with Crippen LogP contribution in [-0.4, -0.2) is 34.9 Å². The van der Waals surface area contributed by atoms with Crippen molar-refractivity contribution in [1.29, 1.82) is 0 Å². The van der Waals surface area contributed by atoms with Gasteiger partial charge in [-0.25, -0.2) is 9.37 Å². The molecule has 2 rings (SSSR count). The summed E-state index contributed by atoms with van der Waals surface area (Å²) in [6.45, 7) is 0.384. The van der Waals surface area contributed by atoms with Crippen molar-refractivity contribution in [3.8, 4) is 0 Å². The summed E-state index contributed by atoms with van der Waals surface area (Å²) in [5.74, 6) is -1.50. The van der Waals surface area contributed by atoms with E-state index in [2.05, 4.69) is 20.6 Å². The van der Waals surface area contributed by atoms with Gasteiger partial charge in [0.15, 0.2) is 0 Å². The summed E-state index contributed by atoms with van der Waals surface area (Å²) in [4.78, 5) is 30.9. The van der Waals surface area contributed by atoms with Gasteiger partial charge < -0.3 is 10.6 Å². The maximum absolute atomic E-state index is 13.4. The summed E-state index contributed by atoms with van der Waals surface area (Å²) in [6, 6.07) is 5.69. The van der Waals surface area contributed by atoms with E-state index in [9.17, 15) is 14.0 Å². The minimum Gasteiger partial charge on any atom is -0.350 e. The highest BCUT2D eigenvalue weighted by atomic mass is 19.1. The highest BCUT2D eigenvalue weighted by Gasteiger charge is 2.10. The monoisotopic (exact) mass is 288 g/mol. The fraction of sp³-hybridized carbons (Fsp3) is 0.143. The van der Waals surface area contributed by atoms with Gasteiger partial charge in [0.05, 0.1) is 11.8 Å². The number of carbonyl (C=O) groups excluding carboxylic acids is 2. The first-order chi connectivity index (χ1) is 10.2. The van der Waals surface area contributed by atoms with E-state index in [0.717, 1.165) is 0 Å². The van der Waals surface area contributed by atoms with Gasteiger partial charge in [-0.3, -0.25) is 14.6 Å². The molecular weight excluding hydrogens is 275 g/mol. The van der Waals surface area contributed by atoms with Crippen LogP contribution < -0.4 is 10.6 Å². The Kier molecular flexibility index (Phi) is 4.92. The van der Waals surface area contributed by atoms with Gasteiger partial charge in [-0.15, -0.1) is 0 Å². The molecule has 6 nitrogen and oxygen atoms in total. The molecule has 0 aliphatic carbocycles. The average molecular weight is 288 g/mol. The van der Waals surface area contributed by atoms with Gasteiger partial charge >= 0.3 is 0 Å². The summed E-state index contributed by atoms with van der Waals surface area (Å²) in [5, 5.41) is 5.09. The largest absolute Gasteiger partial charge is 0.350 e. The Morgan fingerprint density at radius 3 is 2.43 bits per heavy atom. The van der Waals surface area contributed by atoms with E-state index in [1.165, 1.54) is 36.8 Å². The van der Waals surface area contributed by atoms with Crippen LogP contribution in [0.1, 0.15) is 20.8 Å². The van der Waals surface area contributed by atoms with E-state index < -0.39 is 11.7 Å². The Morgan fingerprint density at radius 1 is 1.05 bits per heavy atom. The van der Waals surface area contributed by atoms with Crippen LogP contribution >= 0.6 is 0 Å². The second kappa shape index (κ2) is 7.09. The van der Waals surface area contributed by atoms with Gasteiger partial charge in [-0.1, -0.05) is 12.1 Å². The Bertz CT molecular complexity index is 634. The molecular formula is C14H13FN4O2. The van der Waals surface area contributed by atoms with Gasteiger partial charge in [-0.2, -0.15) is 0 Å². The molecule has 2 N–H and O–H groups in total. The number of benzene rings is 1. The lowest BCUT2D eigenvalue weighted by Gasteiger charge is -2.07. The van der Waals surface area contributed by atoms with Gasteiger partial charge in [0.25, 0.3) is 11.8 Å². The number of amides is 2.